The summed E-state index contributed by atoms with van der Waals surface area (Å²) in [5, 5.41) is 11.3. The van der Waals surface area contributed by atoms with Crippen LogP contribution >= 0.6 is 11.8 Å². The number of benzene rings is 1. The van der Waals surface area contributed by atoms with E-state index in [9.17, 15) is 4.79 Å². The summed E-state index contributed by atoms with van der Waals surface area (Å²) in [4.78, 5) is 13.6. The van der Waals surface area contributed by atoms with Crippen molar-refractivity contribution in [1.82, 2.24) is 15.1 Å². The van der Waals surface area contributed by atoms with Crippen molar-refractivity contribution in [2.24, 2.45) is 0 Å². The number of para-hydroxylation sites is 1. The smallest absolute Gasteiger partial charge is 0.276 e. The van der Waals surface area contributed by atoms with Crippen molar-refractivity contribution in [3.8, 4) is 0 Å². The zero-order chi connectivity index (χ0) is 16.9. The van der Waals surface area contributed by atoms with Crippen LogP contribution in [0.25, 0.3) is 0 Å². The fourth-order valence-corrected chi connectivity index (χ4v) is 3.75. The van der Waals surface area contributed by atoms with Gasteiger partial charge >= 0.3 is 0 Å². The van der Waals surface area contributed by atoms with Crippen LogP contribution in [-0.4, -0.2) is 34.0 Å². The summed E-state index contributed by atoms with van der Waals surface area (Å²) >= 11 is 1.74. The first-order chi connectivity index (χ1) is 11.6. The Bertz CT molecular complexity index is 692. The summed E-state index contributed by atoms with van der Waals surface area (Å²) in [6.45, 7) is 6.26. The molecule has 1 atom stereocenters. The standard InChI is InChI=1S/C18H24N4OS/c1-13(2)24-17-8-4-3-7-15(17)20-18(23)16-9-11-22(21-16)14-6-5-10-19-12-14/h3-4,7-9,11,13-14,19H,5-6,10,12H2,1-2H3,(H,20,23). The van der Waals surface area contributed by atoms with Gasteiger partial charge in [0.25, 0.3) is 5.91 Å². The van der Waals surface area contributed by atoms with E-state index in [4.69, 9.17) is 0 Å². The van der Waals surface area contributed by atoms with Crippen LogP contribution in [0.1, 0.15) is 43.2 Å². The molecule has 0 spiro atoms. The van der Waals surface area contributed by atoms with Crippen molar-refractivity contribution in [3.63, 3.8) is 0 Å². The molecule has 0 aliphatic carbocycles. The van der Waals surface area contributed by atoms with E-state index < -0.39 is 0 Å². The molecule has 1 amide bonds. The van der Waals surface area contributed by atoms with Crippen molar-refractivity contribution < 1.29 is 4.79 Å². The summed E-state index contributed by atoms with van der Waals surface area (Å²) in [7, 11) is 0. The molecule has 1 saturated heterocycles. The lowest BCUT2D eigenvalue weighted by molar-refractivity contribution is 0.102. The van der Waals surface area contributed by atoms with E-state index in [-0.39, 0.29) is 5.91 Å². The zero-order valence-electron chi connectivity index (χ0n) is 14.2. The lowest BCUT2D eigenvalue weighted by atomic mass is 10.1. The highest BCUT2D eigenvalue weighted by Gasteiger charge is 2.18. The molecule has 0 saturated carbocycles. The molecule has 6 heteroatoms. The van der Waals surface area contributed by atoms with E-state index in [1.165, 1.54) is 0 Å². The molecule has 1 fully saturated rings. The van der Waals surface area contributed by atoms with Crippen LogP contribution < -0.4 is 10.6 Å². The van der Waals surface area contributed by atoms with Gasteiger partial charge in [-0.1, -0.05) is 26.0 Å². The van der Waals surface area contributed by atoms with Crippen LogP contribution in [0.15, 0.2) is 41.4 Å². The minimum atomic E-state index is -0.158. The Morgan fingerprint density at radius 2 is 2.21 bits per heavy atom. The number of thioether (sulfide) groups is 1. The third kappa shape index (κ3) is 4.19. The van der Waals surface area contributed by atoms with Crippen LogP contribution in [-0.2, 0) is 0 Å². The Labute approximate surface area is 147 Å². The number of anilines is 1. The number of hydrogen-bond donors (Lipinski definition) is 2. The Kier molecular flexibility index (Phi) is 5.58. The summed E-state index contributed by atoms with van der Waals surface area (Å²) in [5.74, 6) is -0.158. The Balaban J connectivity index is 1.70. The van der Waals surface area contributed by atoms with Gasteiger partial charge in [0.2, 0.25) is 0 Å². The highest BCUT2D eigenvalue weighted by molar-refractivity contribution is 8.00. The molecule has 0 radical (unpaired) electrons. The number of nitrogens with one attached hydrogen (secondary N) is 2. The molecule has 1 unspecified atom stereocenters. The Morgan fingerprint density at radius 1 is 1.38 bits per heavy atom. The molecule has 1 aromatic heterocycles. The van der Waals surface area contributed by atoms with E-state index in [0.29, 0.717) is 17.0 Å². The summed E-state index contributed by atoms with van der Waals surface area (Å²) in [6.07, 6.45) is 4.15. The van der Waals surface area contributed by atoms with E-state index in [1.54, 1.807) is 17.8 Å². The monoisotopic (exact) mass is 344 g/mol. The topological polar surface area (TPSA) is 59.0 Å². The van der Waals surface area contributed by atoms with Gasteiger partial charge in [0.15, 0.2) is 5.69 Å². The predicted octanol–water partition coefficient (Wildman–Crippen LogP) is 3.56. The molecular formula is C18H24N4OS. The van der Waals surface area contributed by atoms with Gasteiger partial charge in [0.05, 0.1) is 11.7 Å². The van der Waals surface area contributed by atoms with E-state index >= 15 is 0 Å². The van der Waals surface area contributed by atoms with Gasteiger partial charge in [0.1, 0.15) is 0 Å². The predicted molar refractivity (Wildman–Crippen MR) is 98.8 cm³/mol. The van der Waals surface area contributed by atoms with E-state index in [1.807, 2.05) is 35.1 Å². The van der Waals surface area contributed by atoms with Crippen molar-refractivity contribution >= 4 is 23.4 Å². The van der Waals surface area contributed by atoms with E-state index in [0.717, 1.165) is 36.5 Å². The van der Waals surface area contributed by atoms with Crippen LogP contribution in [0, 0.1) is 0 Å². The summed E-state index contributed by atoms with van der Waals surface area (Å²) in [5.41, 5.74) is 1.31. The lowest BCUT2D eigenvalue weighted by Crippen LogP contribution is -2.32. The third-order valence-electron chi connectivity index (χ3n) is 3.98. The van der Waals surface area contributed by atoms with Crippen molar-refractivity contribution in [2.75, 3.05) is 18.4 Å². The average molecular weight is 344 g/mol. The molecule has 1 aromatic carbocycles. The molecule has 1 aliphatic rings. The second-order valence-corrected chi connectivity index (χ2v) is 7.92. The second-order valence-electron chi connectivity index (χ2n) is 6.30. The number of aromatic nitrogens is 2. The Hall–Kier alpha value is -1.79. The summed E-state index contributed by atoms with van der Waals surface area (Å²) in [6, 6.07) is 10.0. The van der Waals surface area contributed by atoms with Crippen LogP contribution in [0.4, 0.5) is 5.69 Å². The normalized spacial score (nSPS) is 17.9. The van der Waals surface area contributed by atoms with Crippen LogP contribution in [0.3, 0.4) is 0 Å². The van der Waals surface area contributed by atoms with Crippen LogP contribution in [0.2, 0.25) is 0 Å². The van der Waals surface area contributed by atoms with Gasteiger partial charge < -0.3 is 10.6 Å². The number of carbonyl (C=O) groups excluding carboxylic acids is 1. The lowest BCUT2D eigenvalue weighted by Gasteiger charge is -2.22. The highest BCUT2D eigenvalue weighted by atomic mass is 32.2. The Morgan fingerprint density at radius 3 is 2.96 bits per heavy atom. The first kappa shape index (κ1) is 17.0. The molecular weight excluding hydrogens is 320 g/mol. The molecule has 24 heavy (non-hydrogen) atoms. The number of amides is 1. The van der Waals surface area contributed by atoms with Gasteiger partial charge in [-0.15, -0.1) is 11.8 Å². The fraction of sp³-hybridized carbons (Fsp3) is 0.444. The second kappa shape index (κ2) is 7.85. The maximum absolute atomic E-state index is 12.5. The van der Waals surface area contributed by atoms with Crippen LogP contribution in [0.5, 0.6) is 0 Å². The van der Waals surface area contributed by atoms with Gasteiger partial charge in [-0.05, 0) is 37.6 Å². The van der Waals surface area contributed by atoms with E-state index in [2.05, 4.69) is 29.6 Å². The SMILES string of the molecule is CC(C)Sc1ccccc1NC(=O)c1ccn(C2CCCNC2)n1. The van der Waals surface area contributed by atoms with Gasteiger partial charge in [0, 0.05) is 22.9 Å². The highest BCUT2D eigenvalue weighted by Crippen LogP contribution is 2.30. The quantitative estimate of drug-likeness (QED) is 0.814. The first-order valence-corrected chi connectivity index (χ1v) is 9.34. The number of nitrogens with zero attached hydrogens (tertiary/aromatic N) is 2. The summed E-state index contributed by atoms with van der Waals surface area (Å²) < 4.78 is 1.91. The molecule has 128 valence electrons. The molecule has 5 nitrogen and oxygen atoms in total. The number of rotatable bonds is 5. The molecule has 2 N–H and O–H groups in total. The van der Waals surface area contributed by atoms with Gasteiger partial charge in [-0.3, -0.25) is 9.48 Å². The van der Waals surface area contributed by atoms with Crippen molar-refractivity contribution in [3.05, 3.63) is 42.2 Å². The minimum absolute atomic E-state index is 0.158. The minimum Gasteiger partial charge on any atom is -0.320 e. The van der Waals surface area contributed by atoms with Crippen molar-refractivity contribution in [1.29, 1.82) is 0 Å². The van der Waals surface area contributed by atoms with Gasteiger partial charge in [-0.25, -0.2) is 0 Å². The van der Waals surface area contributed by atoms with Gasteiger partial charge in [-0.2, -0.15) is 5.10 Å². The number of hydrogen-bond acceptors (Lipinski definition) is 4. The molecule has 3 rings (SSSR count). The molecule has 1 aliphatic heterocycles. The largest absolute Gasteiger partial charge is 0.320 e. The zero-order valence-corrected chi connectivity index (χ0v) is 15.0. The maximum atomic E-state index is 12.5. The van der Waals surface area contributed by atoms with Crippen molar-refractivity contribution in [2.45, 2.75) is 42.9 Å². The third-order valence-corrected chi connectivity index (χ3v) is 5.07. The first-order valence-electron chi connectivity index (χ1n) is 8.46. The molecule has 2 aromatic rings. The number of piperidine rings is 1. The average Bonchev–Trinajstić information content (AvgIpc) is 3.07. The molecule has 2 heterocycles. The molecule has 0 bridgehead atoms. The maximum Gasteiger partial charge on any atom is 0.276 e. The number of carbonyl (C=O) groups is 1. The fourth-order valence-electron chi connectivity index (χ4n) is 2.83.